The molecular formula is C17H16Cl2O. The van der Waals surface area contributed by atoms with Crippen molar-refractivity contribution in [3.63, 3.8) is 0 Å². The van der Waals surface area contributed by atoms with Gasteiger partial charge in [0.15, 0.2) is 0 Å². The molecule has 0 aliphatic heterocycles. The van der Waals surface area contributed by atoms with E-state index in [0.29, 0.717) is 10.0 Å². The minimum absolute atomic E-state index is 0.155. The van der Waals surface area contributed by atoms with Crippen molar-refractivity contribution in [2.75, 3.05) is 0 Å². The van der Waals surface area contributed by atoms with Gasteiger partial charge in [0.25, 0.3) is 0 Å². The Balaban J connectivity index is 2.17. The summed E-state index contributed by atoms with van der Waals surface area (Å²) in [4.78, 5) is 12.5. The first-order valence-electron chi connectivity index (χ1n) is 6.53. The standard InChI is InChI=1S/C17H16Cl2O/c1-11(13-3-7-15(18)8-4-13)17(20)12(2)14-5-9-16(19)10-6-14/h3-12H,1-2H3. The summed E-state index contributed by atoms with van der Waals surface area (Å²) in [7, 11) is 0. The Bertz CT molecular complexity index is 534. The number of hydrogen-bond donors (Lipinski definition) is 0. The molecule has 2 aromatic carbocycles. The van der Waals surface area contributed by atoms with E-state index in [1.165, 1.54) is 0 Å². The van der Waals surface area contributed by atoms with Crippen molar-refractivity contribution in [2.24, 2.45) is 0 Å². The Morgan fingerprint density at radius 2 is 1.05 bits per heavy atom. The van der Waals surface area contributed by atoms with Crippen molar-refractivity contribution in [3.05, 3.63) is 69.7 Å². The van der Waals surface area contributed by atoms with Gasteiger partial charge in [-0.25, -0.2) is 0 Å². The molecule has 0 bridgehead atoms. The molecule has 0 fully saturated rings. The molecule has 0 aliphatic rings. The molecule has 2 rings (SSSR count). The molecule has 2 atom stereocenters. The van der Waals surface area contributed by atoms with E-state index in [9.17, 15) is 4.79 Å². The zero-order valence-corrected chi connectivity index (χ0v) is 12.9. The van der Waals surface area contributed by atoms with Crippen LogP contribution in [0.25, 0.3) is 0 Å². The van der Waals surface area contributed by atoms with Gasteiger partial charge in [0.05, 0.1) is 0 Å². The second kappa shape index (κ2) is 6.43. The molecule has 0 heterocycles. The van der Waals surface area contributed by atoms with E-state index >= 15 is 0 Å². The molecule has 1 nitrogen and oxygen atoms in total. The van der Waals surface area contributed by atoms with Crippen molar-refractivity contribution in [2.45, 2.75) is 25.7 Å². The Labute approximate surface area is 129 Å². The predicted octanol–water partition coefficient (Wildman–Crippen LogP) is 5.47. The van der Waals surface area contributed by atoms with Gasteiger partial charge >= 0.3 is 0 Å². The molecule has 0 aromatic heterocycles. The van der Waals surface area contributed by atoms with Gasteiger partial charge in [-0.15, -0.1) is 0 Å². The van der Waals surface area contributed by atoms with Crippen LogP contribution in [0.2, 0.25) is 10.0 Å². The summed E-state index contributed by atoms with van der Waals surface area (Å²) in [6.07, 6.45) is 0. The molecule has 2 unspecified atom stereocenters. The number of hydrogen-bond acceptors (Lipinski definition) is 1. The van der Waals surface area contributed by atoms with Crippen LogP contribution in [0.15, 0.2) is 48.5 Å². The molecule has 20 heavy (non-hydrogen) atoms. The highest BCUT2D eigenvalue weighted by molar-refractivity contribution is 6.30. The van der Waals surface area contributed by atoms with Crippen LogP contribution in [0.4, 0.5) is 0 Å². The number of Topliss-reactive ketones (excluding diaryl/α,β-unsaturated/α-hetero) is 1. The minimum Gasteiger partial charge on any atom is -0.298 e. The summed E-state index contributed by atoms with van der Waals surface area (Å²) in [6.45, 7) is 3.86. The van der Waals surface area contributed by atoms with Crippen molar-refractivity contribution < 1.29 is 4.79 Å². The van der Waals surface area contributed by atoms with E-state index in [-0.39, 0.29) is 17.6 Å². The number of halogens is 2. The molecule has 0 saturated carbocycles. The smallest absolute Gasteiger partial charge is 0.147 e. The fraction of sp³-hybridized carbons (Fsp3) is 0.235. The average Bonchev–Trinajstić information content (AvgIpc) is 2.46. The van der Waals surface area contributed by atoms with Crippen LogP contribution in [0.5, 0.6) is 0 Å². The highest BCUT2D eigenvalue weighted by Gasteiger charge is 2.22. The summed E-state index contributed by atoms with van der Waals surface area (Å²) in [5, 5.41) is 1.36. The molecule has 3 heteroatoms. The summed E-state index contributed by atoms with van der Waals surface area (Å²) < 4.78 is 0. The fourth-order valence-corrected chi connectivity index (χ4v) is 2.46. The van der Waals surface area contributed by atoms with Crippen molar-refractivity contribution >= 4 is 29.0 Å². The first kappa shape index (κ1) is 15.1. The summed E-state index contributed by atoms with van der Waals surface area (Å²) >= 11 is 11.7. The molecule has 104 valence electrons. The Kier molecular flexibility index (Phi) is 4.85. The van der Waals surface area contributed by atoms with Gasteiger partial charge in [0.2, 0.25) is 0 Å². The van der Waals surface area contributed by atoms with Gasteiger partial charge < -0.3 is 0 Å². The van der Waals surface area contributed by atoms with Gasteiger partial charge in [-0.1, -0.05) is 61.3 Å². The zero-order chi connectivity index (χ0) is 14.7. The quantitative estimate of drug-likeness (QED) is 0.732. The van der Waals surface area contributed by atoms with Crippen LogP contribution in [0.1, 0.15) is 36.8 Å². The van der Waals surface area contributed by atoms with E-state index < -0.39 is 0 Å². The lowest BCUT2D eigenvalue weighted by Gasteiger charge is -2.17. The minimum atomic E-state index is -0.155. The highest BCUT2D eigenvalue weighted by atomic mass is 35.5. The van der Waals surface area contributed by atoms with Gasteiger partial charge in [-0.05, 0) is 35.4 Å². The first-order valence-corrected chi connectivity index (χ1v) is 7.29. The second-order valence-corrected chi connectivity index (χ2v) is 5.82. The lowest BCUT2D eigenvalue weighted by Crippen LogP contribution is -2.16. The van der Waals surface area contributed by atoms with Crippen molar-refractivity contribution in [1.29, 1.82) is 0 Å². The van der Waals surface area contributed by atoms with Crippen molar-refractivity contribution in [3.8, 4) is 0 Å². The largest absolute Gasteiger partial charge is 0.298 e. The van der Waals surface area contributed by atoms with Gasteiger partial charge in [-0.3, -0.25) is 4.79 Å². The van der Waals surface area contributed by atoms with Crippen molar-refractivity contribution in [1.82, 2.24) is 0 Å². The van der Waals surface area contributed by atoms with E-state index in [4.69, 9.17) is 23.2 Å². The van der Waals surface area contributed by atoms with E-state index in [1.54, 1.807) is 0 Å². The maximum absolute atomic E-state index is 12.5. The van der Waals surface area contributed by atoms with Crippen LogP contribution in [0.3, 0.4) is 0 Å². The Morgan fingerprint density at radius 1 is 0.750 bits per heavy atom. The first-order chi connectivity index (χ1) is 9.49. The van der Waals surface area contributed by atoms with Crippen LogP contribution in [-0.2, 0) is 4.79 Å². The summed E-state index contributed by atoms with van der Waals surface area (Å²) in [5.41, 5.74) is 1.97. The number of ketones is 1. The SMILES string of the molecule is CC(C(=O)C(C)c1ccc(Cl)cc1)c1ccc(Cl)cc1. The molecule has 0 N–H and O–H groups in total. The van der Waals surface area contributed by atoms with E-state index in [1.807, 2.05) is 62.4 Å². The van der Waals surface area contributed by atoms with E-state index in [2.05, 4.69) is 0 Å². The number of carbonyl (C=O) groups is 1. The Morgan fingerprint density at radius 3 is 1.35 bits per heavy atom. The predicted molar refractivity (Wildman–Crippen MR) is 84.7 cm³/mol. The third-order valence-corrected chi connectivity index (χ3v) is 4.10. The van der Waals surface area contributed by atoms with Crippen LogP contribution < -0.4 is 0 Å². The molecule has 0 radical (unpaired) electrons. The third kappa shape index (κ3) is 3.41. The van der Waals surface area contributed by atoms with Crippen LogP contribution in [-0.4, -0.2) is 5.78 Å². The molecule has 0 amide bonds. The monoisotopic (exact) mass is 306 g/mol. The molecular weight excluding hydrogens is 291 g/mol. The normalized spacial score (nSPS) is 13.8. The van der Waals surface area contributed by atoms with Gasteiger partial charge in [0.1, 0.15) is 5.78 Å². The number of benzene rings is 2. The second-order valence-electron chi connectivity index (χ2n) is 4.95. The zero-order valence-electron chi connectivity index (χ0n) is 11.4. The molecule has 0 saturated heterocycles. The molecule has 0 spiro atoms. The molecule has 0 aliphatic carbocycles. The molecule has 2 aromatic rings. The Hall–Kier alpha value is -1.31. The van der Waals surface area contributed by atoms with Gasteiger partial charge in [0, 0.05) is 21.9 Å². The lowest BCUT2D eigenvalue weighted by atomic mass is 9.86. The average molecular weight is 307 g/mol. The highest BCUT2D eigenvalue weighted by Crippen LogP contribution is 2.27. The third-order valence-electron chi connectivity index (χ3n) is 3.59. The summed E-state index contributed by atoms with van der Waals surface area (Å²) in [5.74, 6) is -0.120. The van der Waals surface area contributed by atoms with Crippen LogP contribution in [0, 0.1) is 0 Å². The maximum atomic E-state index is 12.5. The summed E-state index contributed by atoms with van der Waals surface area (Å²) in [6, 6.07) is 14.9. The van der Waals surface area contributed by atoms with Gasteiger partial charge in [-0.2, -0.15) is 0 Å². The number of carbonyl (C=O) groups excluding carboxylic acids is 1. The maximum Gasteiger partial charge on any atom is 0.147 e. The number of rotatable bonds is 4. The van der Waals surface area contributed by atoms with Crippen LogP contribution >= 0.6 is 23.2 Å². The topological polar surface area (TPSA) is 17.1 Å². The fourth-order valence-electron chi connectivity index (χ4n) is 2.21. The lowest BCUT2D eigenvalue weighted by molar-refractivity contribution is -0.121. The van der Waals surface area contributed by atoms with E-state index in [0.717, 1.165) is 11.1 Å².